The zero-order valence-electron chi connectivity index (χ0n) is 14.6. The number of halogens is 1. The lowest BCUT2D eigenvalue weighted by Crippen LogP contribution is -2.31. The van der Waals surface area contributed by atoms with E-state index in [2.05, 4.69) is 10.2 Å². The topological polar surface area (TPSA) is 41.6 Å². The predicted molar refractivity (Wildman–Crippen MR) is 97.2 cm³/mol. The summed E-state index contributed by atoms with van der Waals surface area (Å²) < 4.78 is 18.9. The first kappa shape index (κ1) is 17.4. The lowest BCUT2D eigenvalue weighted by Gasteiger charge is -2.19. The highest BCUT2D eigenvalue weighted by atomic mass is 19.1. The van der Waals surface area contributed by atoms with Crippen molar-refractivity contribution < 1.29 is 13.9 Å². The van der Waals surface area contributed by atoms with Gasteiger partial charge in [0, 0.05) is 11.6 Å². The molecule has 1 saturated heterocycles. The van der Waals surface area contributed by atoms with Gasteiger partial charge in [-0.15, -0.1) is 0 Å². The molecular formula is C20H23FN2O2. The number of hydrogen-bond acceptors (Lipinski definition) is 3. The maximum Gasteiger partial charge on any atom is 0.411 e. The Kier molecular flexibility index (Phi) is 5.34. The summed E-state index contributed by atoms with van der Waals surface area (Å²) in [5.41, 5.74) is 3.13. The molecule has 0 radical (unpaired) electrons. The van der Waals surface area contributed by atoms with Gasteiger partial charge in [-0.05, 0) is 63.2 Å². The molecule has 132 valence electrons. The quantitative estimate of drug-likeness (QED) is 0.893. The summed E-state index contributed by atoms with van der Waals surface area (Å²) in [6.45, 7) is 3.38. The molecule has 0 spiro atoms. The molecule has 1 atom stereocenters. The molecule has 1 amide bonds. The number of carbonyl (C=O) groups excluding carboxylic acids is 1. The second kappa shape index (κ2) is 7.66. The summed E-state index contributed by atoms with van der Waals surface area (Å²) in [4.78, 5) is 14.4. The first-order valence-corrected chi connectivity index (χ1v) is 8.53. The van der Waals surface area contributed by atoms with Gasteiger partial charge in [0.2, 0.25) is 0 Å². The number of likely N-dealkylation sites (tertiary alicyclic amines) is 1. The van der Waals surface area contributed by atoms with Gasteiger partial charge in [-0.3, -0.25) is 5.32 Å². The van der Waals surface area contributed by atoms with Gasteiger partial charge >= 0.3 is 6.09 Å². The van der Waals surface area contributed by atoms with Crippen molar-refractivity contribution in [1.82, 2.24) is 4.90 Å². The smallest absolute Gasteiger partial charge is 0.411 e. The average Bonchev–Trinajstić information content (AvgIpc) is 3.00. The number of carbonyl (C=O) groups is 1. The summed E-state index contributed by atoms with van der Waals surface area (Å²) in [5.74, 6) is -0.309. The molecule has 0 bridgehead atoms. The third-order valence-electron chi connectivity index (χ3n) is 4.63. The van der Waals surface area contributed by atoms with Crippen LogP contribution in [0.3, 0.4) is 0 Å². The van der Waals surface area contributed by atoms with Crippen LogP contribution >= 0.6 is 0 Å². The normalized spacial score (nSPS) is 17.5. The van der Waals surface area contributed by atoms with Crippen LogP contribution in [0.5, 0.6) is 0 Å². The Hall–Kier alpha value is -2.40. The molecule has 1 aliphatic heterocycles. The lowest BCUT2D eigenvalue weighted by atomic mass is 10.0. The van der Waals surface area contributed by atoms with E-state index in [1.807, 2.05) is 38.2 Å². The van der Waals surface area contributed by atoms with Crippen LogP contribution in [-0.2, 0) is 4.74 Å². The van der Waals surface area contributed by atoms with Crippen LogP contribution in [0.4, 0.5) is 14.9 Å². The zero-order chi connectivity index (χ0) is 17.8. The molecule has 0 unspecified atom stereocenters. The van der Waals surface area contributed by atoms with E-state index in [1.54, 1.807) is 6.07 Å². The van der Waals surface area contributed by atoms with Gasteiger partial charge in [-0.2, -0.15) is 0 Å². The van der Waals surface area contributed by atoms with Gasteiger partial charge in [-0.1, -0.05) is 23.8 Å². The fourth-order valence-corrected chi connectivity index (χ4v) is 3.17. The van der Waals surface area contributed by atoms with Crippen LogP contribution in [0.25, 0.3) is 11.1 Å². The molecule has 1 N–H and O–H groups in total. The zero-order valence-corrected chi connectivity index (χ0v) is 14.6. The number of anilines is 1. The monoisotopic (exact) mass is 342 g/mol. The molecule has 0 saturated carbocycles. The van der Waals surface area contributed by atoms with E-state index in [0.29, 0.717) is 12.3 Å². The number of likely N-dealkylation sites (N-methyl/N-ethyl adjacent to an activating group) is 1. The van der Waals surface area contributed by atoms with E-state index in [0.717, 1.165) is 36.1 Å². The third kappa shape index (κ3) is 4.37. The number of amides is 1. The van der Waals surface area contributed by atoms with Crippen molar-refractivity contribution in [2.24, 2.45) is 0 Å². The number of ether oxygens (including phenoxy) is 1. The van der Waals surface area contributed by atoms with Gasteiger partial charge in [0.15, 0.2) is 0 Å². The first-order chi connectivity index (χ1) is 12.0. The van der Waals surface area contributed by atoms with Crippen molar-refractivity contribution in [2.45, 2.75) is 25.8 Å². The molecule has 3 rings (SSSR count). The number of benzene rings is 2. The Morgan fingerprint density at radius 1 is 1.32 bits per heavy atom. The molecule has 0 aliphatic carbocycles. The SMILES string of the molecule is Cc1ccc(NC(=O)OC[C@@H]2CCCN2C)c(-c2cccc(F)c2)c1. The van der Waals surface area contributed by atoms with Gasteiger partial charge < -0.3 is 9.64 Å². The van der Waals surface area contributed by atoms with Crippen molar-refractivity contribution >= 4 is 11.8 Å². The Bertz CT molecular complexity index is 763. The molecule has 2 aromatic carbocycles. The van der Waals surface area contributed by atoms with Crippen LogP contribution in [0.15, 0.2) is 42.5 Å². The van der Waals surface area contributed by atoms with Crippen LogP contribution < -0.4 is 5.32 Å². The second-order valence-corrected chi connectivity index (χ2v) is 6.56. The maximum atomic E-state index is 13.6. The van der Waals surface area contributed by atoms with Crippen molar-refractivity contribution in [3.63, 3.8) is 0 Å². The minimum Gasteiger partial charge on any atom is -0.448 e. The Morgan fingerprint density at radius 3 is 2.88 bits per heavy atom. The van der Waals surface area contributed by atoms with E-state index >= 15 is 0 Å². The van der Waals surface area contributed by atoms with E-state index in [9.17, 15) is 9.18 Å². The largest absolute Gasteiger partial charge is 0.448 e. The number of aryl methyl sites for hydroxylation is 1. The molecule has 5 heteroatoms. The van der Waals surface area contributed by atoms with Crippen molar-refractivity contribution in [3.05, 3.63) is 53.8 Å². The summed E-state index contributed by atoms with van der Waals surface area (Å²) >= 11 is 0. The Labute approximate surface area is 147 Å². The maximum absolute atomic E-state index is 13.6. The van der Waals surface area contributed by atoms with E-state index in [-0.39, 0.29) is 11.9 Å². The molecule has 4 nitrogen and oxygen atoms in total. The molecule has 1 aliphatic rings. The van der Waals surface area contributed by atoms with Crippen LogP contribution in [0, 0.1) is 12.7 Å². The summed E-state index contributed by atoms with van der Waals surface area (Å²) in [6, 6.07) is 12.3. The molecule has 2 aromatic rings. The van der Waals surface area contributed by atoms with E-state index in [4.69, 9.17) is 4.74 Å². The highest BCUT2D eigenvalue weighted by molar-refractivity contribution is 5.91. The van der Waals surface area contributed by atoms with Gasteiger partial charge in [0.25, 0.3) is 0 Å². The molecule has 1 heterocycles. The number of hydrogen-bond donors (Lipinski definition) is 1. The first-order valence-electron chi connectivity index (χ1n) is 8.53. The van der Waals surface area contributed by atoms with Crippen molar-refractivity contribution in [2.75, 3.05) is 25.5 Å². The van der Waals surface area contributed by atoms with Crippen LogP contribution in [0.1, 0.15) is 18.4 Å². The highest BCUT2D eigenvalue weighted by Gasteiger charge is 2.22. The van der Waals surface area contributed by atoms with Gasteiger partial charge in [0.1, 0.15) is 12.4 Å². The van der Waals surface area contributed by atoms with Gasteiger partial charge in [0.05, 0.1) is 5.69 Å². The number of rotatable bonds is 4. The van der Waals surface area contributed by atoms with E-state index in [1.165, 1.54) is 12.1 Å². The highest BCUT2D eigenvalue weighted by Crippen LogP contribution is 2.29. The molecule has 1 fully saturated rings. The Balaban J connectivity index is 1.72. The van der Waals surface area contributed by atoms with Crippen LogP contribution in [-0.4, -0.2) is 37.2 Å². The van der Waals surface area contributed by atoms with Crippen molar-refractivity contribution in [1.29, 1.82) is 0 Å². The number of nitrogens with zero attached hydrogens (tertiary/aromatic N) is 1. The summed E-state index contributed by atoms with van der Waals surface area (Å²) in [6.07, 6.45) is 1.69. The fraction of sp³-hybridized carbons (Fsp3) is 0.350. The fourth-order valence-electron chi connectivity index (χ4n) is 3.17. The standard InChI is InChI=1S/C20H23FN2O2/c1-14-8-9-19(18(11-14)15-5-3-6-16(21)12-15)22-20(24)25-13-17-7-4-10-23(17)2/h3,5-6,8-9,11-12,17H,4,7,10,13H2,1-2H3,(H,22,24)/t17-/m0/s1. The van der Waals surface area contributed by atoms with Crippen molar-refractivity contribution in [3.8, 4) is 11.1 Å². The Morgan fingerprint density at radius 2 is 2.16 bits per heavy atom. The second-order valence-electron chi connectivity index (χ2n) is 6.56. The average molecular weight is 342 g/mol. The molecule has 25 heavy (non-hydrogen) atoms. The lowest BCUT2D eigenvalue weighted by molar-refractivity contribution is 0.127. The minimum absolute atomic E-state index is 0.284. The predicted octanol–water partition coefficient (Wildman–Crippen LogP) is 4.44. The summed E-state index contributed by atoms with van der Waals surface area (Å²) in [5, 5.41) is 2.79. The van der Waals surface area contributed by atoms with E-state index < -0.39 is 6.09 Å². The molecular weight excluding hydrogens is 319 g/mol. The number of nitrogens with one attached hydrogen (secondary N) is 1. The minimum atomic E-state index is -0.484. The third-order valence-corrected chi connectivity index (χ3v) is 4.63. The van der Waals surface area contributed by atoms with Crippen LogP contribution in [0.2, 0.25) is 0 Å². The molecule has 0 aromatic heterocycles. The van der Waals surface area contributed by atoms with Gasteiger partial charge in [-0.25, -0.2) is 9.18 Å². The summed E-state index contributed by atoms with van der Waals surface area (Å²) in [7, 11) is 2.04.